The van der Waals surface area contributed by atoms with Gasteiger partial charge in [0, 0.05) is 42.3 Å². The smallest absolute Gasteiger partial charge is 0.257 e. The molecule has 1 aliphatic heterocycles. The molecule has 0 saturated carbocycles. The van der Waals surface area contributed by atoms with Crippen molar-refractivity contribution in [1.82, 2.24) is 19.6 Å². The Kier molecular flexibility index (Phi) is 4.71. The van der Waals surface area contributed by atoms with E-state index in [-0.39, 0.29) is 5.56 Å². The molecule has 4 heterocycles. The molecule has 4 aromatic rings. The van der Waals surface area contributed by atoms with Gasteiger partial charge in [-0.3, -0.25) is 14.3 Å². The predicted octanol–water partition coefficient (Wildman–Crippen LogP) is 3.61. The van der Waals surface area contributed by atoms with Gasteiger partial charge >= 0.3 is 0 Å². The zero-order valence-electron chi connectivity index (χ0n) is 17.3. The number of aryl methyl sites for hydroxylation is 2. The van der Waals surface area contributed by atoms with E-state index in [2.05, 4.69) is 21.1 Å². The molecule has 152 valence electrons. The molecule has 3 aromatic heterocycles. The van der Waals surface area contributed by atoms with Crippen molar-refractivity contribution in [2.75, 3.05) is 6.54 Å². The van der Waals surface area contributed by atoms with E-state index in [1.165, 1.54) is 0 Å². The number of pyridine rings is 2. The van der Waals surface area contributed by atoms with Gasteiger partial charge in [-0.2, -0.15) is 0 Å². The summed E-state index contributed by atoms with van der Waals surface area (Å²) in [5, 5.41) is 5.15. The standard InChI is InChI=1S/C24H24N4O2/c1-16-21(17(2)30-26-16)14-27-12-10-19-20-9-6-11-25-23(20)28(24(29)22(19)15-27)13-18-7-4-3-5-8-18/h3-9,11H,10,12-15H2,1-2H3. The first-order chi connectivity index (χ1) is 14.6. The molecule has 30 heavy (non-hydrogen) atoms. The largest absolute Gasteiger partial charge is 0.361 e. The van der Waals surface area contributed by atoms with Crippen LogP contribution in [0.1, 0.15) is 33.7 Å². The topological polar surface area (TPSA) is 64.2 Å². The molecule has 0 amide bonds. The van der Waals surface area contributed by atoms with Gasteiger partial charge in [-0.15, -0.1) is 0 Å². The minimum absolute atomic E-state index is 0.0588. The summed E-state index contributed by atoms with van der Waals surface area (Å²) in [6.07, 6.45) is 2.60. The Balaban J connectivity index is 1.57. The van der Waals surface area contributed by atoms with Crippen LogP contribution in [0.3, 0.4) is 0 Å². The first-order valence-corrected chi connectivity index (χ1v) is 10.3. The van der Waals surface area contributed by atoms with Crippen molar-refractivity contribution in [2.45, 2.75) is 39.9 Å². The summed E-state index contributed by atoms with van der Waals surface area (Å²) in [7, 11) is 0. The second kappa shape index (κ2) is 7.54. The molecule has 0 N–H and O–H groups in total. The van der Waals surface area contributed by atoms with Gasteiger partial charge in [0.05, 0.1) is 12.2 Å². The zero-order valence-corrected chi connectivity index (χ0v) is 17.3. The molecule has 0 unspecified atom stereocenters. The van der Waals surface area contributed by atoms with Crippen LogP contribution in [0.5, 0.6) is 0 Å². The molecule has 0 atom stereocenters. The van der Waals surface area contributed by atoms with Crippen LogP contribution in [0.15, 0.2) is 58.0 Å². The summed E-state index contributed by atoms with van der Waals surface area (Å²) in [6.45, 7) is 6.68. The molecule has 0 saturated heterocycles. The maximum Gasteiger partial charge on any atom is 0.257 e. The summed E-state index contributed by atoms with van der Waals surface area (Å²) in [4.78, 5) is 20.5. The van der Waals surface area contributed by atoms with E-state index >= 15 is 0 Å². The molecule has 6 heteroatoms. The van der Waals surface area contributed by atoms with Crippen molar-refractivity contribution in [3.63, 3.8) is 0 Å². The van der Waals surface area contributed by atoms with E-state index in [1.807, 2.05) is 54.8 Å². The van der Waals surface area contributed by atoms with Gasteiger partial charge in [0.1, 0.15) is 11.4 Å². The molecule has 0 aliphatic carbocycles. The van der Waals surface area contributed by atoms with E-state index in [0.717, 1.165) is 64.3 Å². The Bertz CT molecular complexity index is 1250. The van der Waals surface area contributed by atoms with Crippen LogP contribution in [0.4, 0.5) is 0 Å². The van der Waals surface area contributed by atoms with Gasteiger partial charge in [0.2, 0.25) is 0 Å². The molecule has 0 radical (unpaired) electrons. The van der Waals surface area contributed by atoms with E-state index in [4.69, 9.17) is 4.52 Å². The SMILES string of the molecule is Cc1noc(C)c1CN1CCc2c(c(=O)n(Cc3ccccc3)c3ncccc23)C1. The van der Waals surface area contributed by atoms with Crippen LogP contribution in [-0.4, -0.2) is 26.2 Å². The summed E-state index contributed by atoms with van der Waals surface area (Å²) < 4.78 is 7.14. The van der Waals surface area contributed by atoms with Crippen LogP contribution < -0.4 is 5.56 Å². The van der Waals surface area contributed by atoms with Gasteiger partial charge in [0.15, 0.2) is 0 Å². The maximum atomic E-state index is 13.6. The van der Waals surface area contributed by atoms with E-state index in [0.29, 0.717) is 13.1 Å². The quantitative estimate of drug-likeness (QED) is 0.524. The summed E-state index contributed by atoms with van der Waals surface area (Å²) in [5.41, 5.74) is 5.97. The molecule has 1 aromatic carbocycles. The van der Waals surface area contributed by atoms with E-state index < -0.39 is 0 Å². The Morgan fingerprint density at radius 2 is 1.87 bits per heavy atom. The number of nitrogens with zero attached hydrogens (tertiary/aromatic N) is 4. The van der Waals surface area contributed by atoms with Gasteiger partial charge < -0.3 is 4.52 Å². The van der Waals surface area contributed by atoms with Crippen LogP contribution in [0.25, 0.3) is 11.0 Å². The van der Waals surface area contributed by atoms with Gasteiger partial charge in [0.25, 0.3) is 5.56 Å². The number of benzene rings is 1. The summed E-state index contributed by atoms with van der Waals surface area (Å²) >= 11 is 0. The average molecular weight is 400 g/mol. The average Bonchev–Trinajstić information content (AvgIpc) is 3.09. The number of hydrogen-bond acceptors (Lipinski definition) is 5. The zero-order chi connectivity index (χ0) is 20.7. The number of fused-ring (bicyclic) bond motifs is 3. The van der Waals surface area contributed by atoms with Crippen LogP contribution in [0.2, 0.25) is 0 Å². The second-order valence-electron chi connectivity index (χ2n) is 7.97. The lowest BCUT2D eigenvalue weighted by molar-refractivity contribution is 0.242. The highest BCUT2D eigenvalue weighted by Gasteiger charge is 2.25. The molecule has 0 spiro atoms. The van der Waals surface area contributed by atoms with E-state index in [9.17, 15) is 4.79 Å². The van der Waals surface area contributed by atoms with Crippen LogP contribution in [-0.2, 0) is 26.1 Å². The molecule has 0 bridgehead atoms. The van der Waals surface area contributed by atoms with Gasteiger partial charge in [-0.05, 0) is 43.5 Å². The molecular formula is C24H24N4O2. The molecular weight excluding hydrogens is 376 g/mol. The lowest BCUT2D eigenvalue weighted by atomic mass is 9.97. The highest BCUT2D eigenvalue weighted by Crippen LogP contribution is 2.26. The van der Waals surface area contributed by atoms with E-state index in [1.54, 1.807) is 6.20 Å². The second-order valence-corrected chi connectivity index (χ2v) is 7.97. The number of aromatic nitrogens is 3. The minimum Gasteiger partial charge on any atom is -0.361 e. The monoisotopic (exact) mass is 400 g/mol. The highest BCUT2D eigenvalue weighted by molar-refractivity contribution is 5.80. The van der Waals surface area contributed by atoms with Crippen LogP contribution in [0, 0.1) is 13.8 Å². The summed E-state index contributed by atoms with van der Waals surface area (Å²) in [6, 6.07) is 14.1. The lowest BCUT2D eigenvalue weighted by Gasteiger charge is -2.29. The van der Waals surface area contributed by atoms with Crippen molar-refractivity contribution >= 4 is 11.0 Å². The third-order valence-electron chi connectivity index (χ3n) is 6.04. The fourth-order valence-corrected chi connectivity index (χ4v) is 4.42. The predicted molar refractivity (Wildman–Crippen MR) is 115 cm³/mol. The maximum absolute atomic E-state index is 13.6. The normalized spacial score (nSPS) is 14.2. The highest BCUT2D eigenvalue weighted by atomic mass is 16.5. The first-order valence-electron chi connectivity index (χ1n) is 10.3. The fraction of sp³-hybridized carbons (Fsp3) is 0.292. The molecule has 1 aliphatic rings. The van der Waals surface area contributed by atoms with Crippen LogP contribution >= 0.6 is 0 Å². The number of hydrogen-bond donors (Lipinski definition) is 0. The Hall–Kier alpha value is -3.25. The first kappa shape index (κ1) is 18.8. The lowest BCUT2D eigenvalue weighted by Crippen LogP contribution is -2.37. The fourth-order valence-electron chi connectivity index (χ4n) is 4.42. The third kappa shape index (κ3) is 3.23. The van der Waals surface area contributed by atoms with Gasteiger partial charge in [-0.25, -0.2) is 4.98 Å². The van der Waals surface area contributed by atoms with Crippen molar-refractivity contribution < 1.29 is 4.52 Å². The Morgan fingerprint density at radius 1 is 1.03 bits per heavy atom. The van der Waals surface area contributed by atoms with Crippen molar-refractivity contribution in [1.29, 1.82) is 0 Å². The molecule has 5 rings (SSSR count). The van der Waals surface area contributed by atoms with Crippen molar-refractivity contribution in [3.8, 4) is 0 Å². The minimum atomic E-state index is 0.0588. The van der Waals surface area contributed by atoms with Crippen molar-refractivity contribution in [3.05, 3.63) is 92.7 Å². The molecule has 0 fully saturated rings. The third-order valence-corrected chi connectivity index (χ3v) is 6.04. The molecule has 6 nitrogen and oxygen atoms in total. The van der Waals surface area contributed by atoms with Crippen molar-refractivity contribution in [2.24, 2.45) is 0 Å². The summed E-state index contributed by atoms with van der Waals surface area (Å²) in [5.74, 6) is 0.850. The van der Waals surface area contributed by atoms with Gasteiger partial charge in [-0.1, -0.05) is 35.5 Å². The number of rotatable bonds is 4. The Morgan fingerprint density at radius 3 is 2.63 bits per heavy atom. The Labute approximate surface area is 174 Å².